The highest BCUT2D eigenvalue weighted by molar-refractivity contribution is 9.10. The maximum absolute atomic E-state index is 12.4. The van der Waals surface area contributed by atoms with Crippen molar-refractivity contribution in [2.45, 2.75) is 0 Å². The molecule has 2 aromatic heterocycles. The van der Waals surface area contributed by atoms with Gasteiger partial charge < -0.3 is 9.30 Å². The lowest BCUT2D eigenvalue weighted by atomic mass is 10.3. The SMILES string of the molecule is CN(C(=O)c1cn2ccnc2cn1)c1ccc(Br)cc1. The van der Waals surface area contributed by atoms with E-state index in [1.54, 1.807) is 41.1 Å². The van der Waals surface area contributed by atoms with Crippen molar-refractivity contribution in [3.05, 3.63) is 59.2 Å². The van der Waals surface area contributed by atoms with E-state index in [9.17, 15) is 4.79 Å². The monoisotopic (exact) mass is 330 g/mol. The number of fused-ring (bicyclic) bond motifs is 1. The molecule has 0 saturated carbocycles. The molecule has 5 nitrogen and oxygen atoms in total. The Morgan fingerprint density at radius 1 is 1.25 bits per heavy atom. The van der Waals surface area contributed by atoms with Gasteiger partial charge in [0.2, 0.25) is 0 Å². The molecule has 0 aliphatic rings. The minimum atomic E-state index is -0.164. The highest BCUT2D eigenvalue weighted by Crippen LogP contribution is 2.18. The van der Waals surface area contributed by atoms with E-state index in [4.69, 9.17) is 0 Å². The smallest absolute Gasteiger partial charge is 0.278 e. The highest BCUT2D eigenvalue weighted by Gasteiger charge is 2.15. The van der Waals surface area contributed by atoms with Crippen molar-refractivity contribution in [3.63, 3.8) is 0 Å². The molecule has 0 spiro atoms. The summed E-state index contributed by atoms with van der Waals surface area (Å²) in [5.41, 5.74) is 1.90. The van der Waals surface area contributed by atoms with Crippen molar-refractivity contribution >= 4 is 33.2 Å². The van der Waals surface area contributed by atoms with Crippen molar-refractivity contribution in [1.29, 1.82) is 0 Å². The number of benzene rings is 1. The summed E-state index contributed by atoms with van der Waals surface area (Å²) < 4.78 is 2.75. The van der Waals surface area contributed by atoms with Gasteiger partial charge in [-0.2, -0.15) is 0 Å². The molecule has 3 rings (SSSR count). The molecular formula is C14H11BrN4O. The van der Waals surface area contributed by atoms with Gasteiger partial charge in [-0.05, 0) is 24.3 Å². The summed E-state index contributed by atoms with van der Waals surface area (Å²) >= 11 is 3.37. The zero-order valence-electron chi connectivity index (χ0n) is 10.7. The third-order valence-corrected chi connectivity index (χ3v) is 3.55. The average Bonchev–Trinajstić information content (AvgIpc) is 2.94. The third-order valence-electron chi connectivity index (χ3n) is 3.02. The predicted octanol–water partition coefficient (Wildman–Crippen LogP) is 2.77. The molecule has 6 heteroatoms. The maximum Gasteiger partial charge on any atom is 0.278 e. The molecule has 0 unspecified atom stereocenters. The zero-order chi connectivity index (χ0) is 14.1. The Morgan fingerprint density at radius 3 is 2.75 bits per heavy atom. The normalized spacial score (nSPS) is 10.7. The van der Waals surface area contributed by atoms with E-state index >= 15 is 0 Å². The summed E-state index contributed by atoms with van der Waals surface area (Å²) in [4.78, 5) is 22.2. The number of carbonyl (C=O) groups excluding carboxylic acids is 1. The van der Waals surface area contributed by atoms with Gasteiger partial charge >= 0.3 is 0 Å². The maximum atomic E-state index is 12.4. The highest BCUT2D eigenvalue weighted by atomic mass is 79.9. The molecule has 0 bridgehead atoms. The van der Waals surface area contributed by atoms with Crippen molar-refractivity contribution in [2.24, 2.45) is 0 Å². The molecule has 100 valence electrons. The molecule has 0 fully saturated rings. The van der Waals surface area contributed by atoms with Gasteiger partial charge in [-0.3, -0.25) is 4.79 Å². The summed E-state index contributed by atoms with van der Waals surface area (Å²) in [5.74, 6) is -0.164. The van der Waals surface area contributed by atoms with Crippen LogP contribution >= 0.6 is 15.9 Å². The van der Waals surface area contributed by atoms with Gasteiger partial charge in [-0.15, -0.1) is 0 Å². The molecule has 1 aromatic carbocycles. The number of rotatable bonds is 2. The van der Waals surface area contributed by atoms with Crippen LogP contribution in [-0.4, -0.2) is 27.3 Å². The van der Waals surface area contributed by atoms with Crippen LogP contribution in [-0.2, 0) is 0 Å². The van der Waals surface area contributed by atoms with E-state index in [-0.39, 0.29) is 5.91 Å². The van der Waals surface area contributed by atoms with Crippen LogP contribution in [0.5, 0.6) is 0 Å². The Balaban J connectivity index is 1.92. The fourth-order valence-corrected chi connectivity index (χ4v) is 2.15. The number of hydrogen-bond acceptors (Lipinski definition) is 3. The van der Waals surface area contributed by atoms with E-state index < -0.39 is 0 Å². The van der Waals surface area contributed by atoms with Gasteiger partial charge in [0.15, 0.2) is 5.65 Å². The third kappa shape index (κ3) is 2.30. The number of hydrogen-bond donors (Lipinski definition) is 0. The lowest BCUT2D eigenvalue weighted by Crippen LogP contribution is -2.27. The van der Waals surface area contributed by atoms with Crippen LogP contribution in [0.1, 0.15) is 10.5 Å². The molecule has 3 aromatic rings. The molecular weight excluding hydrogens is 320 g/mol. The standard InChI is InChI=1S/C14H11BrN4O/c1-18(11-4-2-10(15)3-5-11)14(20)12-9-19-7-6-16-13(19)8-17-12/h2-9H,1H3. The molecule has 2 heterocycles. The first-order valence-corrected chi connectivity index (χ1v) is 6.77. The summed E-state index contributed by atoms with van der Waals surface area (Å²) in [7, 11) is 1.73. The van der Waals surface area contributed by atoms with E-state index in [1.807, 2.05) is 24.3 Å². The van der Waals surface area contributed by atoms with E-state index in [0.29, 0.717) is 11.3 Å². The number of nitrogens with zero attached hydrogens (tertiary/aromatic N) is 4. The lowest BCUT2D eigenvalue weighted by molar-refractivity contribution is 0.0988. The number of imidazole rings is 1. The Kier molecular flexibility index (Phi) is 3.23. The lowest BCUT2D eigenvalue weighted by Gasteiger charge is -2.16. The second-order valence-corrected chi connectivity index (χ2v) is 5.22. The van der Waals surface area contributed by atoms with E-state index in [1.165, 1.54) is 0 Å². The first-order chi connectivity index (χ1) is 9.65. The fourth-order valence-electron chi connectivity index (χ4n) is 1.89. The Bertz CT molecular complexity index is 766. The number of amides is 1. The molecule has 20 heavy (non-hydrogen) atoms. The minimum absolute atomic E-state index is 0.164. The molecule has 0 aliphatic carbocycles. The van der Waals surface area contributed by atoms with Crippen molar-refractivity contribution in [2.75, 3.05) is 11.9 Å². The van der Waals surface area contributed by atoms with Gasteiger partial charge in [0.25, 0.3) is 5.91 Å². The largest absolute Gasteiger partial charge is 0.310 e. The van der Waals surface area contributed by atoms with Gasteiger partial charge in [0.05, 0.1) is 6.20 Å². The van der Waals surface area contributed by atoms with Gasteiger partial charge in [0.1, 0.15) is 5.69 Å². The second kappa shape index (κ2) is 5.05. The first kappa shape index (κ1) is 12.8. The number of aromatic nitrogens is 3. The number of carbonyl (C=O) groups is 1. The summed E-state index contributed by atoms with van der Waals surface area (Å²) in [5, 5.41) is 0. The molecule has 0 aliphatic heterocycles. The Hall–Kier alpha value is -2.21. The molecule has 0 atom stereocenters. The van der Waals surface area contributed by atoms with Crippen molar-refractivity contribution in [3.8, 4) is 0 Å². The van der Waals surface area contributed by atoms with Crippen LogP contribution < -0.4 is 4.90 Å². The Morgan fingerprint density at radius 2 is 2.00 bits per heavy atom. The van der Waals surface area contributed by atoms with Gasteiger partial charge in [0, 0.05) is 35.8 Å². The van der Waals surface area contributed by atoms with Gasteiger partial charge in [-0.1, -0.05) is 15.9 Å². The summed E-state index contributed by atoms with van der Waals surface area (Å²) in [6.45, 7) is 0. The van der Waals surface area contributed by atoms with Gasteiger partial charge in [-0.25, -0.2) is 9.97 Å². The molecule has 0 radical (unpaired) electrons. The molecule has 0 N–H and O–H groups in total. The van der Waals surface area contributed by atoms with Crippen molar-refractivity contribution < 1.29 is 4.79 Å². The first-order valence-electron chi connectivity index (χ1n) is 5.97. The number of anilines is 1. The summed E-state index contributed by atoms with van der Waals surface area (Å²) in [6, 6.07) is 7.53. The van der Waals surface area contributed by atoms with Crippen molar-refractivity contribution in [1.82, 2.24) is 14.4 Å². The van der Waals surface area contributed by atoms with Crippen LogP contribution in [0.15, 0.2) is 53.5 Å². The van der Waals surface area contributed by atoms with E-state index in [0.717, 1.165) is 10.2 Å². The topological polar surface area (TPSA) is 50.5 Å². The predicted molar refractivity (Wildman–Crippen MR) is 79.9 cm³/mol. The van der Waals surface area contributed by atoms with E-state index in [2.05, 4.69) is 25.9 Å². The van der Waals surface area contributed by atoms with Crippen LogP contribution in [0.2, 0.25) is 0 Å². The quantitative estimate of drug-likeness (QED) is 0.726. The average molecular weight is 331 g/mol. The molecule has 0 saturated heterocycles. The fraction of sp³-hybridized carbons (Fsp3) is 0.0714. The zero-order valence-corrected chi connectivity index (χ0v) is 12.3. The minimum Gasteiger partial charge on any atom is -0.310 e. The van der Waals surface area contributed by atoms with Crippen LogP contribution in [0, 0.1) is 0 Å². The number of halogens is 1. The molecule has 1 amide bonds. The second-order valence-electron chi connectivity index (χ2n) is 4.31. The van der Waals surface area contributed by atoms with Crippen LogP contribution in [0.3, 0.4) is 0 Å². The van der Waals surface area contributed by atoms with Crippen LogP contribution in [0.4, 0.5) is 5.69 Å². The summed E-state index contributed by atoms with van der Waals surface area (Å²) in [6.07, 6.45) is 6.72. The Labute approximate surface area is 124 Å². The van der Waals surface area contributed by atoms with Crippen LogP contribution in [0.25, 0.3) is 5.65 Å².